The van der Waals surface area contributed by atoms with Crippen LogP contribution in [0.25, 0.3) is 11.3 Å². The van der Waals surface area contributed by atoms with Crippen molar-refractivity contribution in [1.82, 2.24) is 20.4 Å². The number of rotatable bonds is 10. The number of carbonyl (C=O) groups is 1. The molecule has 0 bridgehead atoms. The van der Waals surface area contributed by atoms with Crippen LogP contribution in [0.15, 0.2) is 59.0 Å². The van der Waals surface area contributed by atoms with Crippen molar-refractivity contribution in [3.63, 3.8) is 0 Å². The van der Waals surface area contributed by atoms with Crippen LogP contribution in [0.1, 0.15) is 46.6 Å². The van der Waals surface area contributed by atoms with Crippen molar-refractivity contribution in [2.75, 3.05) is 46.3 Å². The monoisotopic (exact) mass is 508 g/mol. The maximum atomic E-state index is 12.8. The second kappa shape index (κ2) is 12.5. The number of furan rings is 1. The summed E-state index contributed by atoms with van der Waals surface area (Å²) in [6.07, 6.45) is 0.919. The summed E-state index contributed by atoms with van der Waals surface area (Å²) in [6, 6.07) is 18.1. The fourth-order valence-corrected chi connectivity index (χ4v) is 4.58. The molecule has 0 saturated carbocycles. The summed E-state index contributed by atoms with van der Waals surface area (Å²) in [7, 11) is 2.16. The van der Waals surface area contributed by atoms with Crippen molar-refractivity contribution >= 4 is 17.5 Å². The summed E-state index contributed by atoms with van der Waals surface area (Å²) in [5.74, 6) is 1.41. The van der Waals surface area contributed by atoms with Gasteiger partial charge in [0.05, 0.1) is 17.1 Å². The lowest BCUT2D eigenvalue weighted by molar-refractivity contribution is 0.0949. The second-order valence-electron chi connectivity index (χ2n) is 9.73. The van der Waals surface area contributed by atoms with E-state index >= 15 is 0 Å². The first-order valence-electron chi connectivity index (χ1n) is 12.8. The fraction of sp³-hybridized carbons (Fsp3) is 0.414. The van der Waals surface area contributed by atoms with Gasteiger partial charge >= 0.3 is 0 Å². The first-order chi connectivity index (χ1) is 17.4. The first kappa shape index (κ1) is 26.4. The third-order valence-corrected chi connectivity index (χ3v) is 7.18. The molecule has 36 heavy (non-hydrogen) atoms. The van der Waals surface area contributed by atoms with E-state index in [1.54, 1.807) is 6.07 Å². The molecule has 1 amide bonds. The third-order valence-electron chi connectivity index (χ3n) is 6.85. The first-order valence-corrected chi connectivity index (χ1v) is 13.1. The number of hydrogen-bond acceptors (Lipinski definition) is 5. The smallest absolute Gasteiger partial charge is 0.252 e. The van der Waals surface area contributed by atoms with Gasteiger partial charge in [0.25, 0.3) is 5.91 Å². The summed E-state index contributed by atoms with van der Waals surface area (Å²) < 4.78 is 6.08. The molecule has 2 aromatic carbocycles. The molecule has 0 spiro atoms. The largest absolute Gasteiger partial charge is 0.460 e. The lowest BCUT2D eigenvalue weighted by atomic mass is 10.1. The molecule has 1 unspecified atom stereocenters. The average molecular weight is 509 g/mol. The van der Waals surface area contributed by atoms with E-state index in [2.05, 4.69) is 65.6 Å². The van der Waals surface area contributed by atoms with Crippen LogP contribution in [0.3, 0.4) is 0 Å². The molecule has 1 aliphatic heterocycles. The zero-order valence-electron chi connectivity index (χ0n) is 21.5. The molecule has 7 heteroatoms. The molecular formula is C29H37ClN4O2. The molecule has 1 atom stereocenters. The van der Waals surface area contributed by atoms with Gasteiger partial charge in [-0.1, -0.05) is 41.4 Å². The Hall–Kier alpha value is -2.64. The third kappa shape index (κ3) is 7.20. The van der Waals surface area contributed by atoms with Crippen molar-refractivity contribution in [3.05, 3.63) is 82.1 Å². The van der Waals surface area contributed by atoms with Gasteiger partial charge in [-0.2, -0.15) is 0 Å². The molecule has 3 aromatic rings. The van der Waals surface area contributed by atoms with Crippen LogP contribution in [0.4, 0.5) is 0 Å². The van der Waals surface area contributed by atoms with E-state index in [1.165, 1.54) is 11.1 Å². The van der Waals surface area contributed by atoms with Crippen LogP contribution >= 0.6 is 11.6 Å². The van der Waals surface area contributed by atoms with Gasteiger partial charge in [0.15, 0.2) is 0 Å². The van der Waals surface area contributed by atoms with Gasteiger partial charge < -0.3 is 24.9 Å². The summed E-state index contributed by atoms with van der Waals surface area (Å²) in [5.41, 5.74) is 3.80. The number of nitrogens with zero attached hydrogens (tertiary/aromatic N) is 2. The Bertz CT molecular complexity index is 1140. The Balaban J connectivity index is 1.29. The van der Waals surface area contributed by atoms with Gasteiger partial charge in [0.2, 0.25) is 0 Å². The number of piperazine rings is 1. The average Bonchev–Trinajstić information content (AvgIpc) is 3.36. The fourth-order valence-electron chi connectivity index (χ4n) is 4.38. The predicted molar refractivity (Wildman–Crippen MR) is 146 cm³/mol. The van der Waals surface area contributed by atoms with Gasteiger partial charge in [-0.15, -0.1) is 0 Å². The number of hydrogen-bond donors (Lipinski definition) is 2. The summed E-state index contributed by atoms with van der Waals surface area (Å²) >= 11 is 6.37. The maximum absolute atomic E-state index is 12.8. The molecule has 0 radical (unpaired) electrons. The normalized spacial score (nSPS) is 15.7. The molecule has 6 nitrogen and oxygen atoms in total. The van der Waals surface area contributed by atoms with Gasteiger partial charge in [0, 0.05) is 44.3 Å². The molecule has 4 rings (SSSR count). The minimum atomic E-state index is -0.152. The van der Waals surface area contributed by atoms with Crippen molar-refractivity contribution in [2.45, 2.75) is 32.9 Å². The quantitative estimate of drug-likeness (QED) is 0.372. The Morgan fingerprint density at radius 2 is 1.81 bits per heavy atom. The van der Waals surface area contributed by atoms with Crippen molar-refractivity contribution in [1.29, 1.82) is 0 Å². The van der Waals surface area contributed by atoms with Gasteiger partial charge in [0.1, 0.15) is 11.5 Å². The highest BCUT2D eigenvalue weighted by atomic mass is 35.5. The molecule has 0 aliphatic carbocycles. The van der Waals surface area contributed by atoms with E-state index in [0.717, 1.165) is 56.2 Å². The van der Waals surface area contributed by atoms with Crippen LogP contribution in [0.2, 0.25) is 5.02 Å². The van der Waals surface area contributed by atoms with Crippen molar-refractivity contribution in [2.24, 2.45) is 0 Å². The Kier molecular flexibility index (Phi) is 9.21. The molecule has 1 saturated heterocycles. The van der Waals surface area contributed by atoms with E-state index in [-0.39, 0.29) is 11.9 Å². The Morgan fingerprint density at radius 3 is 2.56 bits per heavy atom. The minimum absolute atomic E-state index is 0.152. The zero-order chi connectivity index (χ0) is 25.5. The second-order valence-corrected chi connectivity index (χ2v) is 10.1. The highest BCUT2D eigenvalue weighted by Crippen LogP contribution is 2.27. The lowest BCUT2D eigenvalue weighted by Gasteiger charge is -2.32. The van der Waals surface area contributed by atoms with Crippen molar-refractivity contribution < 1.29 is 9.21 Å². The molecule has 1 fully saturated rings. The molecule has 1 aliphatic rings. The summed E-state index contributed by atoms with van der Waals surface area (Å²) in [6.45, 7) is 10.8. The van der Waals surface area contributed by atoms with Crippen LogP contribution in [-0.2, 0) is 6.54 Å². The SMILES string of the molecule is Cc1ccc(C(C)NCc2ccc(-c3ccc(Cl)c(C(=O)NCCCN4CCN(C)CC4)c3)o2)cc1. The topological polar surface area (TPSA) is 60.8 Å². The van der Waals surface area contributed by atoms with E-state index in [0.29, 0.717) is 23.7 Å². The van der Waals surface area contributed by atoms with Gasteiger partial charge in [-0.3, -0.25) is 4.79 Å². The highest BCUT2D eigenvalue weighted by molar-refractivity contribution is 6.34. The van der Waals surface area contributed by atoms with E-state index in [9.17, 15) is 4.79 Å². The maximum Gasteiger partial charge on any atom is 0.252 e. The number of amides is 1. The van der Waals surface area contributed by atoms with Gasteiger partial charge in [-0.05, 0) is 69.8 Å². The lowest BCUT2D eigenvalue weighted by Crippen LogP contribution is -2.45. The van der Waals surface area contributed by atoms with Gasteiger partial charge in [-0.25, -0.2) is 0 Å². The Morgan fingerprint density at radius 1 is 1.06 bits per heavy atom. The molecular weight excluding hydrogens is 472 g/mol. The minimum Gasteiger partial charge on any atom is -0.460 e. The molecule has 2 N–H and O–H groups in total. The molecule has 192 valence electrons. The van der Waals surface area contributed by atoms with Crippen molar-refractivity contribution in [3.8, 4) is 11.3 Å². The number of likely N-dealkylation sites (N-methyl/N-ethyl adjacent to an activating group) is 1. The van der Waals surface area contributed by atoms with Crippen LogP contribution < -0.4 is 10.6 Å². The van der Waals surface area contributed by atoms with E-state index in [1.807, 2.05) is 24.3 Å². The standard InChI is InChI=1S/C29H37ClN4O2/c1-21-5-7-23(8-6-21)22(2)32-20-25-10-12-28(36-25)24-9-11-27(30)26(19-24)29(35)31-13-4-14-34-17-15-33(3)16-18-34/h5-12,19,22,32H,4,13-18,20H2,1-3H3,(H,31,35). The summed E-state index contributed by atoms with van der Waals surface area (Å²) in [5, 5.41) is 6.97. The van der Waals surface area contributed by atoms with E-state index in [4.69, 9.17) is 16.0 Å². The molecule has 1 aromatic heterocycles. The van der Waals surface area contributed by atoms with Crippen LogP contribution in [-0.4, -0.2) is 62.0 Å². The van der Waals surface area contributed by atoms with Crippen LogP contribution in [0, 0.1) is 6.92 Å². The number of benzene rings is 2. The zero-order valence-corrected chi connectivity index (χ0v) is 22.3. The number of nitrogens with one attached hydrogen (secondary N) is 2. The molecule has 2 heterocycles. The van der Waals surface area contributed by atoms with E-state index < -0.39 is 0 Å². The highest BCUT2D eigenvalue weighted by Gasteiger charge is 2.16. The predicted octanol–water partition coefficient (Wildman–Crippen LogP) is 5.13. The Labute approximate surface area is 219 Å². The van der Waals surface area contributed by atoms with Crippen LogP contribution in [0.5, 0.6) is 0 Å². The number of aryl methyl sites for hydroxylation is 1. The number of halogens is 1. The summed E-state index contributed by atoms with van der Waals surface area (Å²) in [4.78, 5) is 17.6. The number of carbonyl (C=O) groups excluding carboxylic acids is 1.